The lowest BCUT2D eigenvalue weighted by Crippen LogP contribution is -2.48. The Labute approximate surface area is 201 Å². The minimum atomic E-state index is -0.251. The van der Waals surface area contributed by atoms with Crippen LogP contribution in [0.5, 0.6) is 17.2 Å². The molecule has 0 saturated carbocycles. The van der Waals surface area contributed by atoms with Crippen molar-refractivity contribution in [3.63, 3.8) is 0 Å². The van der Waals surface area contributed by atoms with E-state index in [4.69, 9.17) is 14.2 Å². The van der Waals surface area contributed by atoms with Crippen molar-refractivity contribution in [1.82, 2.24) is 25.1 Å². The summed E-state index contributed by atoms with van der Waals surface area (Å²) in [5.41, 5.74) is 2.01. The zero-order valence-corrected chi connectivity index (χ0v) is 20.9. The largest absolute Gasteiger partial charge is 0.497 e. The van der Waals surface area contributed by atoms with Crippen LogP contribution in [0.4, 0.5) is 5.69 Å². The quantitative estimate of drug-likeness (QED) is 0.525. The zero-order valence-electron chi connectivity index (χ0n) is 20.9. The van der Waals surface area contributed by atoms with Gasteiger partial charge in [-0.25, -0.2) is 4.68 Å². The van der Waals surface area contributed by atoms with Gasteiger partial charge in [0.15, 0.2) is 17.3 Å². The molecule has 9 nitrogen and oxygen atoms in total. The molecule has 1 aliphatic heterocycles. The highest BCUT2D eigenvalue weighted by Gasteiger charge is 2.33. The monoisotopic (exact) mass is 466 g/mol. The predicted molar refractivity (Wildman–Crippen MR) is 131 cm³/mol. The summed E-state index contributed by atoms with van der Waals surface area (Å²) in [6, 6.07) is 14.2. The van der Waals surface area contributed by atoms with Gasteiger partial charge in [-0.3, -0.25) is 4.90 Å². The standard InChI is InChI=1S/C25H34N6O3/c1-25(2,3)31-24(26-27-28-31)23(18-7-12-21(33-5)22(17-18)34-6)30-15-13-29(14-16-30)19-8-10-20(32-4)11-9-19/h7-12,17,23H,13-16H2,1-6H3. The van der Waals surface area contributed by atoms with Crippen LogP contribution in [0.25, 0.3) is 0 Å². The number of tetrazole rings is 1. The van der Waals surface area contributed by atoms with Crippen LogP contribution in [-0.2, 0) is 5.54 Å². The van der Waals surface area contributed by atoms with Crippen molar-refractivity contribution in [2.45, 2.75) is 32.4 Å². The van der Waals surface area contributed by atoms with Gasteiger partial charge in [-0.05, 0) is 73.2 Å². The second kappa shape index (κ2) is 9.89. The van der Waals surface area contributed by atoms with Gasteiger partial charge in [0.05, 0.1) is 32.9 Å². The van der Waals surface area contributed by atoms with E-state index in [-0.39, 0.29) is 11.6 Å². The van der Waals surface area contributed by atoms with Crippen LogP contribution in [0.15, 0.2) is 42.5 Å². The molecule has 0 bridgehead atoms. The first-order valence-corrected chi connectivity index (χ1v) is 11.5. The summed E-state index contributed by atoms with van der Waals surface area (Å²) in [6.45, 7) is 9.85. The second-order valence-corrected chi connectivity index (χ2v) is 9.36. The third-order valence-electron chi connectivity index (χ3n) is 6.21. The zero-order chi connectivity index (χ0) is 24.3. The summed E-state index contributed by atoms with van der Waals surface area (Å²) in [4.78, 5) is 4.84. The average molecular weight is 467 g/mol. The smallest absolute Gasteiger partial charge is 0.173 e. The summed E-state index contributed by atoms with van der Waals surface area (Å²) in [5.74, 6) is 3.07. The molecule has 2 aromatic carbocycles. The third-order valence-corrected chi connectivity index (χ3v) is 6.21. The highest BCUT2D eigenvalue weighted by atomic mass is 16.5. The molecule has 0 radical (unpaired) electrons. The van der Waals surface area contributed by atoms with E-state index in [0.717, 1.165) is 43.3 Å². The maximum atomic E-state index is 5.60. The van der Waals surface area contributed by atoms with Crippen molar-refractivity contribution >= 4 is 5.69 Å². The number of ether oxygens (including phenoxy) is 3. The van der Waals surface area contributed by atoms with E-state index in [9.17, 15) is 0 Å². The van der Waals surface area contributed by atoms with Gasteiger partial charge in [0.1, 0.15) is 5.75 Å². The molecule has 1 aliphatic rings. The van der Waals surface area contributed by atoms with E-state index in [1.54, 1.807) is 21.3 Å². The Hall–Kier alpha value is -3.33. The molecule has 1 saturated heterocycles. The number of nitrogens with zero attached hydrogens (tertiary/aromatic N) is 6. The fourth-order valence-electron chi connectivity index (χ4n) is 4.42. The molecule has 1 atom stereocenters. The number of piperazine rings is 1. The highest BCUT2D eigenvalue weighted by Crippen LogP contribution is 2.36. The molecule has 0 spiro atoms. The minimum Gasteiger partial charge on any atom is -0.497 e. The molecule has 0 amide bonds. The van der Waals surface area contributed by atoms with Gasteiger partial charge in [0.2, 0.25) is 0 Å². The van der Waals surface area contributed by atoms with Gasteiger partial charge in [0.25, 0.3) is 0 Å². The topological polar surface area (TPSA) is 77.8 Å². The van der Waals surface area contributed by atoms with Crippen LogP contribution >= 0.6 is 0 Å². The van der Waals surface area contributed by atoms with Crippen molar-refractivity contribution in [2.24, 2.45) is 0 Å². The summed E-state index contributed by atoms with van der Waals surface area (Å²) in [6.07, 6.45) is 0. The van der Waals surface area contributed by atoms with Gasteiger partial charge in [-0.15, -0.1) is 5.10 Å². The maximum Gasteiger partial charge on any atom is 0.173 e. The normalized spacial score (nSPS) is 15.8. The summed E-state index contributed by atoms with van der Waals surface area (Å²) >= 11 is 0. The average Bonchev–Trinajstić information content (AvgIpc) is 3.35. The van der Waals surface area contributed by atoms with E-state index in [0.29, 0.717) is 11.5 Å². The van der Waals surface area contributed by atoms with Gasteiger partial charge >= 0.3 is 0 Å². The predicted octanol–water partition coefficient (Wildman–Crippen LogP) is 3.37. The number of hydrogen-bond acceptors (Lipinski definition) is 8. The lowest BCUT2D eigenvalue weighted by atomic mass is 10.0. The molecule has 1 fully saturated rings. The number of hydrogen-bond donors (Lipinski definition) is 0. The lowest BCUT2D eigenvalue weighted by molar-refractivity contribution is 0.191. The van der Waals surface area contributed by atoms with Crippen LogP contribution in [0, 0.1) is 0 Å². The first-order valence-electron chi connectivity index (χ1n) is 11.5. The highest BCUT2D eigenvalue weighted by molar-refractivity contribution is 5.50. The molecule has 0 N–H and O–H groups in total. The summed E-state index contributed by atoms with van der Waals surface area (Å²) in [5, 5.41) is 12.9. The van der Waals surface area contributed by atoms with E-state index in [1.807, 2.05) is 28.9 Å². The van der Waals surface area contributed by atoms with Gasteiger partial charge in [-0.1, -0.05) is 6.07 Å². The Morgan fingerprint density at radius 3 is 2.09 bits per heavy atom. The number of rotatable bonds is 7. The van der Waals surface area contributed by atoms with E-state index < -0.39 is 0 Å². The molecule has 4 rings (SSSR count). The van der Waals surface area contributed by atoms with Crippen molar-refractivity contribution in [3.8, 4) is 17.2 Å². The Kier molecular flexibility index (Phi) is 6.92. The Bertz CT molecular complexity index is 1080. The number of methoxy groups -OCH3 is 3. The molecular formula is C25H34N6O3. The first kappa shape index (κ1) is 23.8. The van der Waals surface area contributed by atoms with Crippen molar-refractivity contribution < 1.29 is 14.2 Å². The maximum absolute atomic E-state index is 5.60. The van der Waals surface area contributed by atoms with Crippen LogP contribution in [0.3, 0.4) is 0 Å². The van der Waals surface area contributed by atoms with Crippen LogP contribution in [0.2, 0.25) is 0 Å². The number of benzene rings is 2. The van der Waals surface area contributed by atoms with Crippen molar-refractivity contribution in [1.29, 1.82) is 0 Å². The van der Waals surface area contributed by atoms with Gasteiger partial charge in [0, 0.05) is 31.9 Å². The van der Waals surface area contributed by atoms with Crippen LogP contribution < -0.4 is 19.1 Å². The molecular weight excluding hydrogens is 432 g/mol. The molecule has 2 heterocycles. The minimum absolute atomic E-state index is 0.118. The molecule has 182 valence electrons. The molecule has 3 aromatic rings. The molecule has 34 heavy (non-hydrogen) atoms. The number of aromatic nitrogens is 4. The number of anilines is 1. The van der Waals surface area contributed by atoms with Gasteiger partial charge in [-0.2, -0.15) is 0 Å². The Balaban J connectivity index is 1.65. The molecule has 9 heteroatoms. The van der Waals surface area contributed by atoms with Crippen molar-refractivity contribution in [2.75, 3.05) is 52.4 Å². The Morgan fingerprint density at radius 1 is 0.824 bits per heavy atom. The molecule has 1 aromatic heterocycles. The fraction of sp³-hybridized carbons (Fsp3) is 0.480. The third kappa shape index (κ3) is 4.79. The lowest BCUT2D eigenvalue weighted by Gasteiger charge is -2.40. The second-order valence-electron chi connectivity index (χ2n) is 9.36. The Morgan fingerprint density at radius 2 is 1.50 bits per heavy atom. The van der Waals surface area contributed by atoms with Gasteiger partial charge < -0.3 is 19.1 Å². The summed E-state index contributed by atoms with van der Waals surface area (Å²) in [7, 11) is 4.99. The SMILES string of the molecule is COc1ccc(N2CCN(C(c3ccc(OC)c(OC)c3)c3nnnn3C(C)(C)C)CC2)cc1. The molecule has 0 aliphatic carbocycles. The fourth-order valence-corrected chi connectivity index (χ4v) is 4.42. The van der Waals surface area contributed by atoms with E-state index in [2.05, 4.69) is 64.3 Å². The summed E-state index contributed by atoms with van der Waals surface area (Å²) < 4.78 is 18.3. The van der Waals surface area contributed by atoms with Crippen LogP contribution in [0.1, 0.15) is 38.2 Å². The van der Waals surface area contributed by atoms with Crippen molar-refractivity contribution in [3.05, 3.63) is 53.9 Å². The van der Waals surface area contributed by atoms with Crippen LogP contribution in [-0.4, -0.2) is 72.6 Å². The van der Waals surface area contributed by atoms with E-state index in [1.165, 1.54) is 5.69 Å². The first-order chi connectivity index (χ1) is 16.4. The molecule has 1 unspecified atom stereocenters. The van der Waals surface area contributed by atoms with E-state index >= 15 is 0 Å².